The van der Waals surface area contributed by atoms with Crippen molar-refractivity contribution in [2.45, 2.75) is 0 Å². The van der Waals surface area contributed by atoms with Gasteiger partial charge in [0.25, 0.3) is 11.6 Å². The van der Waals surface area contributed by atoms with Crippen molar-refractivity contribution in [2.24, 2.45) is 5.10 Å². The van der Waals surface area contributed by atoms with Crippen LogP contribution in [-0.2, 0) is 0 Å². The molecule has 0 heterocycles. The van der Waals surface area contributed by atoms with Gasteiger partial charge in [-0.3, -0.25) is 25.0 Å². The van der Waals surface area contributed by atoms with E-state index in [0.717, 1.165) is 21.8 Å². The number of ether oxygens (including phenoxy) is 3. The SMILES string of the molecule is COc1cc(C(=O)N/N=C\c2ccc(Oc3ccc([N+](=O)[O-])cc3[N+](=O)[O-])c(OC)c2)ccc1I. The Labute approximate surface area is 211 Å². The Hall–Kier alpha value is -4.27. The molecule has 0 aliphatic carbocycles. The first-order valence-electron chi connectivity index (χ1n) is 9.69. The highest BCUT2D eigenvalue weighted by molar-refractivity contribution is 14.1. The lowest BCUT2D eigenvalue weighted by molar-refractivity contribution is -0.394. The summed E-state index contributed by atoms with van der Waals surface area (Å²) in [5.74, 6) is 0.289. The van der Waals surface area contributed by atoms with Gasteiger partial charge < -0.3 is 14.2 Å². The molecule has 0 unspecified atom stereocenters. The number of nitro groups is 2. The third-order valence-electron chi connectivity index (χ3n) is 4.55. The molecule has 3 rings (SSSR count). The van der Waals surface area contributed by atoms with Crippen LogP contribution in [0.2, 0.25) is 0 Å². The van der Waals surface area contributed by atoms with Crippen molar-refractivity contribution in [1.82, 2.24) is 5.43 Å². The van der Waals surface area contributed by atoms with Crippen LogP contribution >= 0.6 is 22.6 Å². The van der Waals surface area contributed by atoms with Crippen molar-refractivity contribution in [3.05, 3.63) is 89.5 Å². The molecule has 1 amide bonds. The number of rotatable bonds is 9. The van der Waals surface area contributed by atoms with Gasteiger partial charge in [-0.05, 0) is 70.6 Å². The Kier molecular flexibility index (Phi) is 8.14. The monoisotopic (exact) mass is 592 g/mol. The van der Waals surface area contributed by atoms with Gasteiger partial charge in [0.1, 0.15) is 5.75 Å². The minimum Gasteiger partial charge on any atom is -0.496 e. The zero-order valence-electron chi connectivity index (χ0n) is 18.3. The van der Waals surface area contributed by atoms with E-state index in [0.29, 0.717) is 16.9 Å². The normalized spacial score (nSPS) is 10.6. The molecule has 3 aromatic carbocycles. The summed E-state index contributed by atoms with van der Waals surface area (Å²) >= 11 is 2.09. The van der Waals surface area contributed by atoms with Gasteiger partial charge in [-0.1, -0.05) is 0 Å². The highest BCUT2D eigenvalue weighted by Crippen LogP contribution is 2.38. The second-order valence-corrected chi connectivity index (χ2v) is 7.89. The molecule has 0 radical (unpaired) electrons. The van der Waals surface area contributed by atoms with Crippen molar-refractivity contribution < 1.29 is 28.9 Å². The van der Waals surface area contributed by atoms with Gasteiger partial charge in [0, 0.05) is 11.6 Å². The van der Waals surface area contributed by atoms with E-state index >= 15 is 0 Å². The molecule has 13 heteroatoms. The molecule has 0 saturated carbocycles. The molecule has 0 bridgehead atoms. The maximum Gasteiger partial charge on any atom is 0.318 e. The smallest absolute Gasteiger partial charge is 0.318 e. The van der Waals surface area contributed by atoms with Crippen LogP contribution in [0, 0.1) is 23.8 Å². The number of benzene rings is 3. The second-order valence-electron chi connectivity index (χ2n) is 6.73. The number of non-ortho nitro benzene ring substituents is 1. The van der Waals surface area contributed by atoms with E-state index in [2.05, 4.69) is 33.1 Å². The summed E-state index contributed by atoms with van der Waals surface area (Å²) < 4.78 is 17.0. The summed E-state index contributed by atoms with van der Waals surface area (Å²) in [6.07, 6.45) is 1.38. The number of halogens is 1. The van der Waals surface area contributed by atoms with E-state index in [1.807, 2.05) is 0 Å². The topological polar surface area (TPSA) is 155 Å². The molecule has 0 aromatic heterocycles. The Bertz CT molecular complexity index is 1330. The number of nitrogens with zero attached hydrogens (tertiary/aromatic N) is 3. The third kappa shape index (κ3) is 6.20. The van der Waals surface area contributed by atoms with Gasteiger partial charge in [-0.25, -0.2) is 5.43 Å². The predicted molar refractivity (Wildman–Crippen MR) is 134 cm³/mol. The average molecular weight is 592 g/mol. The standard InChI is InChI=1S/C22H17IN4O8/c1-33-20-10-14(4-6-16(20)23)22(28)25-24-12-13-3-7-19(21(9-13)34-2)35-18-8-5-15(26(29)30)11-17(18)27(31)32/h3-12H,1-2H3,(H,25,28)/b24-12-. The molecule has 35 heavy (non-hydrogen) atoms. The molecule has 0 fully saturated rings. The summed E-state index contributed by atoms with van der Waals surface area (Å²) in [7, 11) is 2.89. The lowest BCUT2D eigenvalue weighted by atomic mass is 10.2. The molecule has 0 aliphatic rings. The molecular formula is C22H17IN4O8. The number of carbonyl (C=O) groups is 1. The summed E-state index contributed by atoms with van der Waals surface area (Å²) in [5.41, 5.74) is 2.31. The fourth-order valence-electron chi connectivity index (χ4n) is 2.85. The summed E-state index contributed by atoms with van der Waals surface area (Å²) in [5, 5.41) is 26.2. The predicted octanol–water partition coefficient (Wildman–Crippen LogP) is 4.68. The first-order chi connectivity index (χ1) is 16.7. The number of hydrogen-bond donors (Lipinski definition) is 1. The highest BCUT2D eigenvalue weighted by Gasteiger charge is 2.22. The van der Waals surface area contributed by atoms with Gasteiger partial charge in [-0.2, -0.15) is 5.10 Å². The molecule has 0 saturated heterocycles. The van der Waals surface area contributed by atoms with Crippen molar-refractivity contribution >= 4 is 46.1 Å². The van der Waals surface area contributed by atoms with E-state index in [4.69, 9.17) is 14.2 Å². The minimum absolute atomic E-state index is 0.136. The van der Waals surface area contributed by atoms with E-state index in [-0.39, 0.29) is 17.2 Å². The van der Waals surface area contributed by atoms with Crippen molar-refractivity contribution in [3.63, 3.8) is 0 Å². The molecule has 180 valence electrons. The lowest BCUT2D eigenvalue weighted by Crippen LogP contribution is -2.17. The largest absolute Gasteiger partial charge is 0.496 e. The summed E-state index contributed by atoms with van der Waals surface area (Å²) in [4.78, 5) is 33.1. The number of nitrogens with one attached hydrogen (secondary N) is 1. The van der Waals surface area contributed by atoms with Crippen molar-refractivity contribution in [3.8, 4) is 23.0 Å². The number of amides is 1. The number of hydrazone groups is 1. The van der Waals surface area contributed by atoms with Gasteiger partial charge in [0.15, 0.2) is 11.5 Å². The minimum atomic E-state index is -0.776. The van der Waals surface area contributed by atoms with Gasteiger partial charge in [0.2, 0.25) is 5.75 Å². The molecule has 3 aromatic rings. The van der Waals surface area contributed by atoms with Crippen LogP contribution in [0.1, 0.15) is 15.9 Å². The number of carbonyl (C=O) groups excluding carboxylic acids is 1. The molecule has 0 aliphatic heterocycles. The Balaban J connectivity index is 1.76. The zero-order chi connectivity index (χ0) is 25.5. The molecule has 1 N–H and O–H groups in total. The fourth-order valence-corrected chi connectivity index (χ4v) is 3.40. The van der Waals surface area contributed by atoms with E-state index in [9.17, 15) is 25.0 Å². The fraction of sp³-hybridized carbons (Fsp3) is 0.0909. The molecular weight excluding hydrogens is 575 g/mol. The average Bonchev–Trinajstić information content (AvgIpc) is 2.84. The molecule has 12 nitrogen and oxygen atoms in total. The van der Waals surface area contributed by atoms with Crippen LogP contribution < -0.4 is 19.6 Å². The van der Waals surface area contributed by atoms with Gasteiger partial charge >= 0.3 is 5.69 Å². The van der Waals surface area contributed by atoms with E-state index < -0.39 is 27.1 Å². The van der Waals surface area contributed by atoms with Crippen LogP contribution in [0.3, 0.4) is 0 Å². The van der Waals surface area contributed by atoms with Gasteiger partial charge in [-0.15, -0.1) is 0 Å². The highest BCUT2D eigenvalue weighted by atomic mass is 127. The van der Waals surface area contributed by atoms with Gasteiger partial charge in [0.05, 0.1) is 39.9 Å². The Morgan fingerprint density at radius 1 is 0.914 bits per heavy atom. The Morgan fingerprint density at radius 2 is 1.63 bits per heavy atom. The van der Waals surface area contributed by atoms with Crippen LogP contribution in [0.25, 0.3) is 0 Å². The van der Waals surface area contributed by atoms with Crippen molar-refractivity contribution in [1.29, 1.82) is 0 Å². The van der Waals surface area contributed by atoms with Crippen LogP contribution in [0.15, 0.2) is 59.7 Å². The Morgan fingerprint density at radius 3 is 2.29 bits per heavy atom. The van der Waals surface area contributed by atoms with Crippen molar-refractivity contribution in [2.75, 3.05) is 14.2 Å². The third-order valence-corrected chi connectivity index (χ3v) is 5.44. The van der Waals surface area contributed by atoms with Crippen LogP contribution in [-0.4, -0.2) is 36.2 Å². The van der Waals surface area contributed by atoms with E-state index in [1.165, 1.54) is 32.6 Å². The summed E-state index contributed by atoms with van der Waals surface area (Å²) in [6, 6.07) is 12.6. The van der Waals surface area contributed by atoms with Crippen LogP contribution in [0.4, 0.5) is 11.4 Å². The maximum atomic E-state index is 12.3. The quantitative estimate of drug-likeness (QED) is 0.163. The summed E-state index contributed by atoms with van der Waals surface area (Å²) in [6.45, 7) is 0. The van der Waals surface area contributed by atoms with E-state index in [1.54, 1.807) is 24.3 Å². The second kappa shape index (κ2) is 11.2. The number of nitro benzene ring substituents is 2. The van der Waals surface area contributed by atoms with Crippen LogP contribution in [0.5, 0.6) is 23.0 Å². The number of methoxy groups -OCH3 is 2. The molecule has 0 atom stereocenters. The first kappa shape index (κ1) is 25.4. The molecule has 0 spiro atoms. The lowest BCUT2D eigenvalue weighted by Gasteiger charge is -2.11. The zero-order valence-corrected chi connectivity index (χ0v) is 20.4. The maximum absolute atomic E-state index is 12.3. The first-order valence-corrected chi connectivity index (χ1v) is 10.8. The number of hydrogen-bond acceptors (Lipinski definition) is 9.